The highest BCUT2D eigenvalue weighted by Gasteiger charge is 2.24. The van der Waals surface area contributed by atoms with Crippen LogP contribution in [0.1, 0.15) is 38.5 Å². The maximum Gasteiger partial charge on any atom is 0.238 e. The first-order chi connectivity index (χ1) is 12.6. The molecule has 2 aliphatic heterocycles. The Bertz CT molecular complexity index is 601. The summed E-state index contributed by atoms with van der Waals surface area (Å²) in [4.78, 5) is 28.0. The number of hydrogen-bond acceptors (Lipinski definition) is 4. The number of amides is 2. The highest BCUT2D eigenvalue weighted by atomic mass is 16.2. The molecule has 3 N–H and O–H groups in total. The molecule has 2 amide bonds. The summed E-state index contributed by atoms with van der Waals surface area (Å²) < 4.78 is 0. The molecule has 0 spiro atoms. The van der Waals surface area contributed by atoms with E-state index in [-0.39, 0.29) is 17.7 Å². The van der Waals surface area contributed by atoms with Crippen molar-refractivity contribution in [2.45, 2.75) is 38.5 Å². The van der Waals surface area contributed by atoms with Gasteiger partial charge in [-0.25, -0.2) is 0 Å². The number of anilines is 2. The van der Waals surface area contributed by atoms with Gasteiger partial charge in [-0.15, -0.1) is 0 Å². The third-order valence-electron chi connectivity index (χ3n) is 5.48. The monoisotopic (exact) mass is 358 g/mol. The van der Waals surface area contributed by atoms with Crippen LogP contribution in [0.2, 0.25) is 0 Å². The predicted molar refractivity (Wildman–Crippen MR) is 104 cm³/mol. The van der Waals surface area contributed by atoms with Crippen LogP contribution in [0.15, 0.2) is 24.3 Å². The number of carbonyl (C=O) groups excluding carboxylic acids is 2. The third-order valence-corrected chi connectivity index (χ3v) is 5.48. The van der Waals surface area contributed by atoms with Crippen molar-refractivity contribution in [3.8, 4) is 0 Å². The van der Waals surface area contributed by atoms with E-state index in [9.17, 15) is 9.59 Å². The molecule has 2 saturated heterocycles. The van der Waals surface area contributed by atoms with Crippen LogP contribution in [0.3, 0.4) is 0 Å². The second-order valence-corrected chi connectivity index (χ2v) is 7.45. The SMILES string of the molecule is NC(=O)C1CCN(CC(=O)Nc2ccc(N3CCCCCC3)cc2)CC1. The fourth-order valence-electron chi connectivity index (χ4n) is 3.86. The first-order valence-corrected chi connectivity index (χ1v) is 9.78. The van der Waals surface area contributed by atoms with Gasteiger partial charge in [0.15, 0.2) is 0 Å². The number of nitrogens with zero attached hydrogens (tertiary/aromatic N) is 2. The average molecular weight is 358 g/mol. The quantitative estimate of drug-likeness (QED) is 0.846. The van der Waals surface area contributed by atoms with Gasteiger partial charge in [-0.2, -0.15) is 0 Å². The van der Waals surface area contributed by atoms with Crippen LogP contribution in [0, 0.1) is 5.92 Å². The average Bonchev–Trinajstić information content (AvgIpc) is 2.92. The molecule has 2 fully saturated rings. The molecule has 0 unspecified atom stereocenters. The Labute approximate surface area is 155 Å². The number of benzene rings is 1. The zero-order valence-electron chi connectivity index (χ0n) is 15.5. The third kappa shape index (κ3) is 5.21. The van der Waals surface area contributed by atoms with E-state index in [4.69, 9.17) is 5.73 Å². The number of rotatable bonds is 5. The summed E-state index contributed by atoms with van der Waals surface area (Å²) in [6.45, 7) is 4.09. The first-order valence-electron chi connectivity index (χ1n) is 9.78. The lowest BCUT2D eigenvalue weighted by molar-refractivity contribution is -0.123. The maximum atomic E-state index is 12.3. The summed E-state index contributed by atoms with van der Waals surface area (Å²) in [5.74, 6) is -0.274. The van der Waals surface area contributed by atoms with E-state index < -0.39 is 0 Å². The number of primary amides is 1. The van der Waals surface area contributed by atoms with Crippen molar-refractivity contribution in [3.63, 3.8) is 0 Å². The van der Waals surface area contributed by atoms with Crippen molar-refractivity contribution in [1.29, 1.82) is 0 Å². The highest BCUT2D eigenvalue weighted by Crippen LogP contribution is 2.22. The Kier molecular flexibility index (Phi) is 6.50. The van der Waals surface area contributed by atoms with Crippen molar-refractivity contribution >= 4 is 23.2 Å². The van der Waals surface area contributed by atoms with Crippen LogP contribution in [-0.4, -0.2) is 49.4 Å². The Morgan fingerprint density at radius 1 is 0.962 bits per heavy atom. The zero-order valence-corrected chi connectivity index (χ0v) is 15.5. The van der Waals surface area contributed by atoms with Crippen molar-refractivity contribution in [2.24, 2.45) is 11.7 Å². The Balaban J connectivity index is 1.46. The second-order valence-electron chi connectivity index (χ2n) is 7.45. The van der Waals surface area contributed by atoms with Crippen molar-refractivity contribution in [1.82, 2.24) is 4.90 Å². The number of likely N-dealkylation sites (tertiary alicyclic amines) is 1. The topological polar surface area (TPSA) is 78.7 Å². The van der Waals surface area contributed by atoms with Gasteiger partial charge in [0.05, 0.1) is 6.54 Å². The van der Waals surface area contributed by atoms with Gasteiger partial charge in [0.1, 0.15) is 0 Å². The Morgan fingerprint density at radius 3 is 2.15 bits per heavy atom. The van der Waals surface area contributed by atoms with Gasteiger partial charge in [0.2, 0.25) is 11.8 Å². The number of piperidine rings is 1. The Morgan fingerprint density at radius 2 is 1.58 bits per heavy atom. The lowest BCUT2D eigenvalue weighted by atomic mass is 9.96. The zero-order chi connectivity index (χ0) is 18.4. The van der Waals surface area contributed by atoms with Crippen LogP contribution in [0.25, 0.3) is 0 Å². The van der Waals surface area contributed by atoms with Crippen molar-refractivity contribution < 1.29 is 9.59 Å². The number of nitrogens with one attached hydrogen (secondary N) is 1. The van der Waals surface area contributed by atoms with Crippen LogP contribution in [0.4, 0.5) is 11.4 Å². The van der Waals surface area contributed by atoms with E-state index >= 15 is 0 Å². The van der Waals surface area contributed by atoms with Crippen LogP contribution >= 0.6 is 0 Å². The fraction of sp³-hybridized carbons (Fsp3) is 0.600. The van der Waals surface area contributed by atoms with Gasteiger partial charge < -0.3 is 16.0 Å². The molecule has 0 bridgehead atoms. The fourth-order valence-corrected chi connectivity index (χ4v) is 3.86. The molecule has 2 aliphatic rings. The lowest BCUT2D eigenvalue weighted by Gasteiger charge is -2.29. The van der Waals surface area contributed by atoms with Crippen molar-refractivity contribution in [2.75, 3.05) is 42.9 Å². The van der Waals surface area contributed by atoms with Gasteiger partial charge in [-0.05, 0) is 63.0 Å². The van der Waals surface area contributed by atoms with Gasteiger partial charge >= 0.3 is 0 Å². The normalized spacial score (nSPS) is 19.8. The molecule has 0 saturated carbocycles. The minimum Gasteiger partial charge on any atom is -0.372 e. The summed E-state index contributed by atoms with van der Waals surface area (Å²) in [6, 6.07) is 8.16. The molecule has 6 heteroatoms. The minimum absolute atomic E-state index is 0.00922. The molecule has 2 heterocycles. The van der Waals surface area contributed by atoms with E-state index in [1.165, 1.54) is 31.4 Å². The van der Waals surface area contributed by atoms with Gasteiger partial charge in [-0.1, -0.05) is 12.8 Å². The summed E-state index contributed by atoms with van der Waals surface area (Å²) >= 11 is 0. The van der Waals surface area contributed by atoms with E-state index in [0.29, 0.717) is 6.54 Å². The molecule has 0 radical (unpaired) electrons. The lowest BCUT2D eigenvalue weighted by Crippen LogP contribution is -2.42. The van der Waals surface area contributed by atoms with Crippen LogP contribution in [-0.2, 0) is 9.59 Å². The molecule has 0 aromatic heterocycles. The summed E-state index contributed by atoms with van der Waals surface area (Å²) in [6.07, 6.45) is 6.64. The molecule has 142 valence electrons. The van der Waals surface area contributed by atoms with E-state index in [1.54, 1.807) is 0 Å². The van der Waals surface area contributed by atoms with E-state index in [1.807, 2.05) is 12.1 Å². The molecule has 6 nitrogen and oxygen atoms in total. The van der Waals surface area contributed by atoms with E-state index in [2.05, 4.69) is 27.2 Å². The minimum atomic E-state index is -0.224. The van der Waals surface area contributed by atoms with Gasteiger partial charge in [0, 0.05) is 30.4 Å². The largest absolute Gasteiger partial charge is 0.372 e. The first kappa shape index (κ1) is 18.7. The van der Waals surface area contributed by atoms with Gasteiger partial charge in [-0.3, -0.25) is 14.5 Å². The standard InChI is InChI=1S/C20H30N4O2/c21-20(26)16-9-13-23(14-10-16)15-19(25)22-17-5-7-18(8-6-17)24-11-3-1-2-4-12-24/h5-8,16H,1-4,9-15H2,(H2,21,26)(H,22,25). The molecule has 1 aromatic rings. The highest BCUT2D eigenvalue weighted by molar-refractivity contribution is 5.92. The molecular formula is C20H30N4O2. The molecule has 0 atom stereocenters. The summed E-state index contributed by atoms with van der Waals surface area (Å²) in [5.41, 5.74) is 7.42. The molecule has 1 aromatic carbocycles. The maximum absolute atomic E-state index is 12.3. The second kappa shape index (κ2) is 9.03. The predicted octanol–water partition coefficient (Wildman–Crippen LogP) is 2.20. The van der Waals surface area contributed by atoms with Crippen LogP contribution < -0.4 is 16.0 Å². The molecule has 26 heavy (non-hydrogen) atoms. The summed E-state index contributed by atoms with van der Waals surface area (Å²) in [7, 11) is 0. The van der Waals surface area contributed by atoms with E-state index in [0.717, 1.165) is 44.7 Å². The molecule has 3 rings (SSSR count). The van der Waals surface area contributed by atoms with Crippen molar-refractivity contribution in [3.05, 3.63) is 24.3 Å². The summed E-state index contributed by atoms with van der Waals surface area (Å²) in [5, 5.41) is 2.97. The Hall–Kier alpha value is -2.08. The number of carbonyl (C=O) groups is 2. The smallest absolute Gasteiger partial charge is 0.238 e. The number of nitrogens with two attached hydrogens (primary N) is 1. The van der Waals surface area contributed by atoms with Gasteiger partial charge in [0.25, 0.3) is 0 Å². The van der Waals surface area contributed by atoms with Crippen LogP contribution in [0.5, 0.6) is 0 Å². The molecule has 0 aliphatic carbocycles. The molecular weight excluding hydrogens is 328 g/mol. The number of hydrogen-bond donors (Lipinski definition) is 2.